The molecule has 0 spiro atoms. The molecular formula is C105H141F7N20O5S. The van der Waals surface area contributed by atoms with E-state index in [-0.39, 0.29) is 23.0 Å². The Morgan fingerprint density at radius 2 is 0.717 bits per heavy atom. The molecule has 1 atom stereocenters. The highest BCUT2D eigenvalue weighted by Crippen LogP contribution is 2.39. The lowest BCUT2D eigenvalue weighted by Crippen LogP contribution is -2.20. The monoisotopic (exact) mass is 1930 g/mol. The number of carbonyl (C=O) groups excluding carboxylic acids is 1. The number of nitrogens with zero attached hydrogens (tertiary/aromatic N) is 12. The summed E-state index contributed by atoms with van der Waals surface area (Å²) in [5.41, 5.74) is 18.0. The number of halogens is 7. The molecule has 6 aromatic heterocycles. The molecule has 746 valence electrons. The number of alkyl halides is 7. The molecule has 13 aromatic rings. The van der Waals surface area contributed by atoms with E-state index in [9.17, 15) is 39.7 Å². The Balaban J connectivity index is 0.000000203. The van der Waals surface area contributed by atoms with Crippen LogP contribution in [0.25, 0.3) is 67.5 Å². The number of rotatable bonds is 45. The molecule has 1 amide bonds. The van der Waals surface area contributed by atoms with E-state index in [1.807, 2.05) is 131 Å². The van der Waals surface area contributed by atoms with Crippen LogP contribution in [0, 0.1) is 0 Å². The fraction of sp³-hybridized carbons (Fsp3) is 0.410. The molecule has 0 saturated carbocycles. The van der Waals surface area contributed by atoms with Gasteiger partial charge in [0.05, 0.1) is 77.0 Å². The molecule has 0 radical (unpaired) electrons. The second kappa shape index (κ2) is 56.6. The molecule has 0 aliphatic carbocycles. The van der Waals surface area contributed by atoms with Crippen molar-refractivity contribution >= 4 is 32.9 Å². The van der Waals surface area contributed by atoms with Gasteiger partial charge in [0.15, 0.2) is 0 Å². The van der Waals surface area contributed by atoms with Crippen LogP contribution in [0.5, 0.6) is 23.0 Å². The molecular weight excluding hydrogens is 1790 g/mol. The lowest BCUT2D eigenvalue weighted by atomic mass is 9.98. The van der Waals surface area contributed by atoms with Gasteiger partial charge in [-0.1, -0.05) is 177 Å². The molecule has 1 unspecified atom stereocenters. The number of benzene rings is 7. The molecule has 33 heteroatoms. The minimum Gasteiger partial charge on any atom is -0.457 e. The summed E-state index contributed by atoms with van der Waals surface area (Å²) in [7, 11) is 10.1. The first kappa shape index (κ1) is 111. The highest BCUT2D eigenvalue weighted by atomic mass is 32.2. The summed E-state index contributed by atoms with van der Waals surface area (Å²) in [4.78, 5) is 24.7. The number of amides is 1. The first-order chi connectivity index (χ1) is 66.0. The van der Waals surface area contributed by atoms with Crippen molar-refractivity contribution in [1.82, 2.24) is 90.6 Å². The minimum atomic E-state index is -4.70. The van der Waals surface area contributed by atoms with E-state index in [0.717, 1.165) is 190 Å². The molecule has 0 aliphatic rings. The number of aromatic amines is 6. The van der Waals surface area contributed by atoms with Gasteiger partial charge in [-0.2, -0.15) is 39.4 Å². The lowest BCUT2D eigenvalue weighted by Gasteiger charge is -2.18. The average molecular weight is 1930 g/mol. The Kier molecular flexibility index (Phi) is 45.5. The van der Waals surface area contributed by atoms with Gasteiger partial charge in [-0.3, -0.25) is 35.4 Å². The molecule has 25 nitrogen and oxygen atoms in total. The predicted octanol–water partition coefficient (Wildman–Crippen LogP) is 24.3. The highest BCUT2D eigenvalue weighted by Gasteiger charge is 2.33. The summed E-state index contributed by atoms with van der Waals surface area (Å²) >= 11 is 0. The van der Waals surface area contributed by atoms with Crippen LogP contribution in [0.1, 0.15) is 178 Å². The van der Waals surface area contributed by atoms with Crippen molar-refractivity contribution in [3.8, 4) is 90.5 Å². The second-order valence-electron chi connectivity index (χ2n) is 34.9. The van der Waals surface area contributed by atoms with E-state index in [1.165, 1.54) is 86.9 Å². The van der Waals surface area contributed by atoms with E-state index in [2.05, 4.69) is 186 Å². The van der Waals surface area contributed by atoms with E-state index in [0.29, 0.717) is 53.4 Å². The molecule has 8 N–H and O–H groups in total. The number of anilines is 2. The second-order valence-corrected chi connectivity index (χ2v) is 37.2. The van der Waals surface area contributed by atoms with Gasteiger partial charge in [0, 0.05) is 154 Å². The number of ether oxygens (including phenoxy) is 3. The van der Waals surface area contributed by atoms with Gasteiger partial charge in [0.25, 0.3) is 5.92 Å². The summed E-state index contributed by atoms with van der Waals surface area (Å²) in [5, 5.41) is 45.5. The van der Waals surface area contributed by atoms with Crippen LogP contribution in [0.4, 0.5) is 42.1 Å². The molecule has 0 bridgehead atoms. The van der Waals surface area contributed by atoms with Crippen LogP contribution in [0.15, 0.2) is 213 Å². The van der Waals surface area contributed by atoms with Crippen LogP contribution < -0.4 is 24.2 Å². The van der Waals surface area contributed by atoms with Crippen molar-refractivity contribution in [2.24, 2.45) is 0 Å². The first-order valence-corrected chi connectivity index (χ1v) is 49.3. The number of para-hydroxylation sites is 3. The average Bonchev–Trinajstić information content (AvgIpc) is 1.58. The summed E-state index contributed by atoms with van der Waals surface area (Å²) in [5.74, 6) is 2.30. The van der Waals surface area contributed by atoms with E-state index in [4.69, 9.17) is 9.47 Å². The third-order valence-electron chi connectivity index (χ3n) is 21.9. The molecule has 138 heavy (non-hydrogen) atoms. The minimum absolute atomic E-state index is 0.0247. The topological polar surface area (TPSA) is 277 Å². The Labute approximate surface area is 810 Å². The SMILES string of the molecule is C=S(C)(=O)Nc1ccccc1-c1[nH]ncc1CN(C)CCCC.CCCCN(C)Cc1cn[nH]c1-c1ccc(Oc2ccccc2)cc1.CCCCN(C)Cc1cn[nH]c1-c1cccc(NC(C)=O)c1.CCCCN(C)Cc1cn[nH]c1-c1cccc(OC(F)(F)F)c1.CCCCN(C)Cc1cn[nH]c1-c1ccccc1C(C)(F)F.CCCCN(C)Cc1cn[nH]c1-c1ccccc1OC(C)(F)F. The van der Waals surface area contributed by atoms with Gasteiger partial charge in [-0.05, 0) is 205 Å². The molecule has 6 heterocycles. The lowest BCUT2D eigenvalue weighted by molar-refractivity contribution is -0.274. The van der Waals surface area contributed by atoms with Gasteiger partial charge >= 0.3 is 12.5 Å². The molecule has 13 rings (SSSR count). The Bertz CT molecular complexity index is 5790. The Hall–Kier alpha value is -12.2. The zero-order chi connectivity index (χ0) is 100. The van der Waals surface area contributed by atoms with Crippen molar-refractivity contribution in [3.63, 3.8) is 0 Å². The normalized spacial score (nSPS) is 11.9. The molecule has 7 aromatic carbocycles. The zero-order valence-corrected chi connectivity index (χ0v) is 83.7. The quantitative estimate of drug-likeness (QED) is 0.0130. The molecule has 0 saturated heterocycles. The van der Waals surface area contributed by atoms with Crippen LogP contribution >= 0.6 is 0 Å². The summed E-state index contributed by atoms with van der Waals surface area (Å²) in [6, 6.07) is 52.8. The standard InChI is InChI=1S/C21H25N3O.C17H23F2N3O.C17H23F2N3.C17H26N4OS.C17H24N4O.C16H20F3N3O/c1-3-4-14-24(2)16-18-15-22-23-21(18)17-10-12-20(13-11-17)25-19-8-6-5-7-9-19;1-4-5-10-22(3)12-13-11-20-21-16(13)14-8-6-7-9-15(14)23-17(2,18)19;1-4-5-10-22(3)12-13-11-20-21-16(13)14-8-6-7-9-15(14)17(2,18)19;1-5-6-11-21(2)13-14-12-18-19-17(14)15-9-7-8-10-16(15)20-23(3,4)22;1-4-5-9-21(3)12-15-11-18-20-17(15)14-7-6-8-16(10-14)19-13(2)22;1-3-4-8-22(2)11-13-10-20-21-15(13)12-6-5-7-14(9-12)23-16(17,18)19/h5-13,15H,3-4,14,16H2,1-2H3,(H,22,23);6-9,11H,4-5,10,12H2,1-3H3,(H,20,21);6-9,11H,4-5,10,12H2,1-3H3,(H,20,21);7-10,12H,3,5-6,11,13H2,1-2,4H3,(H,18,19)(H,20,22);6-8,10-11H,4-5,9,12H2,1-3H3,(H,18,20)(H,19,22);5-7,9-10H,3-4,8,11H2,1-2H3,(H,20,21). The first-order valence-electron chi connectivity index (χ1n) is 47.1. The fourth-order valence-electron chi connectivity index (χ4n) is 15.0. The van der Waals surface area contributed by atoms with Crippen LogP contribution in [-0.4, -0.2) is 207 Å². The molecule has 0 fully saturated rings. The molecule has 0 aliphatic heterocycles. The summed E-state index contributed by atoms with van der Waals surface area (Å²) < 4.78 is 121. The maximum absolute atomic E-state index is 13.8. The van der Waals surface area contributed by atoms with Gasteiger partial charge in [-0.25, -0.2) is 13.0 Å². The van der Waals surface area contributed by atoms with E-state index in [1.54, 1.807) is 67.3 Å². The fourth-order valence-corrected chi connectivity index (χ4v) is 15.6. The third-order valence-corrected chi connectivity index (χ3v) is 22.5. The van der Waals surface area contributed by atoms with Gasteiger partial charge < -0.3 is 53.6 Å². The van der Waals surface area contributed by atoms with Crippen molar-refractivity contribution in [1.29, 1.82) is 0 Å². The third kappa shape index (κ3) is 38.6. The predicted molar refractivity (Wildman–Crippen MR) is 545 cm³/mol. The van der Waals surface area contributed by atoms with Crippen molar-refractivity contribution in [2.75, 3.05) is 97.8 Å². The van der Waals surface area contributed by atoms with Gasteiger partial charge in [-0.15, -0.1) is 13.2 Å². The van der Waals surface area contributed by atoms with Crippen molar-refractivity contribution < 1.29 is 53.9 Å². The van der Waals surface area contributed by atoms with Crippen molar-refractivity contribution in [2.45, 2.75) is 197 Å². The summed E-state index contributed by atoms with van der Waals surface area (Å²) in [6.07, 6.45) is 18.4. The van der Waals surface area contributed by atoms with Gasteiger partial charge in [0.2, 0.25) is 5.91 Å². The number of hydrogen-bond donors (Lipinski definition) is 8. The highest BCUT2D eigenvalue weighted by molar-refractivity contribution is 8.00. The number of H-pyrrole nitrogens is 6. The van der Waals surface area contributed by atoms with Gasteiger partial charge in [0.1, 0.15) is 23.0 Å². The van der Waals surface area contributed by atoms with Crippen molar-refractivity contribution in [3.05, 3.63) is 252 Å². The zero-order valence-electron chi connectivity index (χ0n) is 82.8. The maximum atomic E-state index is 13.8. The number of nitrogens with one attached hydrogen (secondary N) is 8. The number of unbranched alkanes of at least 4 members (excludes halogenated alkanes) is 6. The number of carbonyl (C=O) groups is 1. The maximum Gasteiger partial charge on any atom is 0.573 e. The number of aromatic nitrogens is 12. The van der Waals surface area contributed by atoms with E-state index < -0.39 is 28.1 Å². The van der Waals surface area contributed by atoms with E-state index >= 15 is 0 Å². The van der Waals surface area contributed by atoms with Crippen LogP contribution in [-0.2, 0) is 59.7 Å². The van der Waals surface area contributed by atoms with Crippen LogP contribution in [0.2, 0.25) is 0 Å². The number of hydrogen-bond acceptors (Lipinski definition) is 17. The summed E-state index contributed by atoms with van der Waals surface area (Å²) in [6.45, 7) is 27.0. The Morgan fingerprint density at radius 3 is 1.12 bits per heavy atom. The van der Waals surface area contributed by atoms with Crippen LogP contribution in [0.3, 0.4) is 0 Å². The Morgan fingerprint density at radius 1 is 0.384 bits per heavy atom. The smallest absolute Gasteiger partial charge is 0.457 e. The largest absolute Gasteiger partial charge is 0.573 e.